The number of nitrogens with one attached hydrogen (secondary N) is 1. The van der Waals surface area contributed by atoms with Gasteiger partial charge in [-0.2, -0.15) is 0 Å². The standard InChI is InChI=1S/C12H16BrCl2NOS/c1-12(2,4-3-5-13)7-16-11(17)8-6-9(14)18-10(8)15/h6H,3-5,7H2,1-2H3,(H,16,17). The van der Waals surface area contributed by atoms with Crippen molar-refractivity contribution in [2.45, 2.75) is 26.7 Å². The van der Waals surface area contributed by atoms with Crippen LogP contribution in [0, 0.1) is 5.41 Å². The molecule has 1 aromatic rings. The van der Waals surface area contributed by atoms with Crippen LogP contribution in [0.15, 0.2) is 6.07 Å². The van der Waals surface area contributed by atoms with Crippen LogP contribution >= 0.6 is 50.5 Å². The summed E-state index contributed by atoms with van der Waals surface area (Å²) < 4.78 is 0.972. The Labute approximate surface area is 130 Å². The van der Waals surface area contributed by atoms with E-state index in [0.29, 0.717) is 20.8 Å². The minimum Gasteiger partial charge on any atom is -0.351 e. The Kier molecular flexibility index (Phi) is 6.45. The minimum atomic E-state index is -0.157. The first kappa shape index (κ1) is 16.3. The Morgan fingerprint density at radius 1 is 1.50 bits per heavy atom. The molecule has 0 aliphatic rings. The summed E-state index contributed by atoms with van der Waals surface area (Å²) >= 11 is 16.4. The fourth-order valence-electron chi connectivity index (χ4n) is 1.54. The van der Waals surface area contributed by atoms with E-state index in [1.807, 2.05) is 0 Å². The van der Waals surface area contributed by atoms with Gasteiger partial charge < -0.3 is 5.32 Å². The minimum absolute atomic E-state index is 0.0791. The van der Waals surface area contributed by atoms with Crippen molar-refractivity contribution < 1.29 is 4.79 Å². The molecular formula is C12H16BrCl2NOS. The van der Waals surface area contributed by atoms with Gasteiger partial charge >= 0.3 is 0 Å². The van der Waals surface area contributed by atoms with E-state index in [2.05, 4.69) is 35.1 Å². The highest BCUT2D eigenvalue weighted by Gasteiger charge is 2.20. The fourth-order valence-corrected chi connectivity index (χ4v) is 3.28. The highest BCUT2D eigenvalue weighted by Crippen LogP contribution is 2.31. The van der Waals surface area contributed by atoms with Crippen molar-refractivity contribution in [2.24, 2.45) is 5.41 Å². The number of carbonyl (C=O) groups is 1. The van der Waals surface area contributed by atoms with E-state index >= 15 is 0 Å². The average molecular weight is 373 g/mol. The molecule has 0 aliphatic carbocycles. The van der Waals surface area contributed by atoms with Crippen LogP contribution < -0.4 is 5.32 Å². The lowest BCUT2D eigenvalue weighted by Crippen LogP contribution is -2.34. The average Bonchev–Trinajstić information content (AvgIpc) is 2.63. The van der Waals surface area contributed by atoms with Gasteiger partial charge in [0.2, 0.25) is 0 Å². The Morgan fingerprint density at radius 3 is 2.67 bits per heavy atom. The van der Waals surface area contributed by atoms with Gasteiger partial charge in [-0.25, -0.2) is 0 Å². The molecule has 0 aliphatic heterocycles. The van der Waals surface area contributed by atoms with Crippen molar-refractivity contribution in [3.8, 4) is 0 Å². The molecule has 18 heavy (non-hydrogen) atoms. The summed E-state index contributed by atoms with van der Waals surface area (Å²) in [5.41, 5.74) is 0.540. The van der Waals surface area contributed by atoms with E-state index in [4.69, 9.17) is 23.2 Å². The molecule has 0 unspecified atom stereocenters. The zero-order valence-electron chi connectivity index (χ0n) is 10.4. The maximum atomic E-state index is 11.9. The highest BCUT2D eigenvalue weighted by molar-refractivity contribution is 9.09. The highest BCUT2D eigenvalue weighted by atomic mass is 79.9. The molecule has 2 nitrogen and oxygen atoms in total. The normalized spacial score (nSPS) is 11.6. The van der Waals surface area contributed by atoms with Crippen LogP contribution in [-0.4, -0.2) is 17.8 Å². The van der Waals surface area contributed by atoms with Gasteiger partial charge in [-0.1, -0.05) is 53.0 Å². The monoisotopic (exact) mass is 371 g/mol. The number of carbonyl (C=O) groups excluding carboxylic acids is 1. The number of thiophene rings is 1. The quantitative estimate of drug-likeness (QED) is 0.700. The zero-order chi connectivity index (χ0) is 13.8. The van der Waals surface area contributed by atoms with Gasteiger partial charge in [0, 0.05) is 11.9 Å². The second kappa shape index (κ2) is 7.13. The Hall–Kier alpha value is 0.230. The van der Waals surface area contributed by atoms with E-state index in [1.54, 1.807) is 6.07 Å². The Morgan fingerprint density at radius 2 is 2.17 bits per heavy atom. The molecule has 0 radical (unpaired) electrons. The SMILES string of the molecule is CC(C)(CCCBr)CNC(=O)c1cc(Cl)sc1Cl. The van der Waals surface area contributed by atoms with Gasteiger partial charge in [0.1, 0.15) is 4.34 Å². The lowest BCUT2D eigenvalue weighted by Gasteiger charge is -2.24. The summed E-state index contributed by atoms with van der Waals surface area (Å²) in [6.45, 7) is 4.90. The van der Waals surface area contributed by atoms with E-state index in [-0.39, 0.29) is 11.3 Å². The van der Waals surface area contributed by atoms with Crippen molar-refractivity contribution in [3.63, 3.8) is 0 Å². The topological polar surface area (TPSA) is 29.1 Å². The lowest BCUT2D eigenvalue weighted by atomic mass is 9.88. The maximum Gasteiger partial charge on any atom is 0.253 e. The lowest BCUT2D eigenvalue weighted by molar-refractivity contribution is 0.0935. The smallest absolute Gasteiger partial charge is 0.253 e. The van der Waals surface area contributed by atoms with Crippen LogP contribution in [0.5, 0.6) is 0 Å². The summed E-state index contributed by atoms with van der Waals surface area (Å²) in [6.07, 6.45) is 2.14. The zero-order valence-corrected chi connectivity index (χ0v) is 14.3. The molecule has 1 amide bonds. The van der Waals surface area contributed by atoms with Crippen LogP contribution in [0.4, 0.5) is 0 Å². The van der Waals surface area contributed by atoms with Crippen molar-refractivity contribution in [2.75, 3.05) is 11.9 Å². The van der Waals surface area contributed by atoms with Crippen molar-refractivity contribution in [1.82, 2.24) is 5.32 Å². The third kappa shape index (κ3) is 5.08. The Bertz CT molecular complexity index is 420. The van der Waals surface area contributed by atoms with Crippen LogP contribution in [0.2, 0.25) is 8.67 Å². The molecule has 102 valence electrons. The third-order valence-electron chi connectivity index (χ3n) is 2.62. The first-order valence-corrected chi connectivity index (χ1v) is 8.34. The second-order valence-electron chi connectivity index (χ2n) is 4.88. The third-order valence-corrected chi connectivity index (χ3v) is 4.66. The van der Waals surface area contributed by atoms with Gasteiger partial charge in [0.05, 0.1) is 9.90 Å². The molecule has 0 spiro atoms. The molecular weight excluding hydrogens is 357 g/mol. The van der Waals surface area contributed by atoms with E-state index in [0.717, 1.165) is 18.2 Å². The molecule has 0 saturated carbocycles. The summed E-state index contributed by atoms with van der Waals surface area (Å²) in [4.78, 5) is 11.9. The van der Waals surface area contributed by atoms with Crippen LogP contribution in [0.1, 0.15) is 37.0 Å². The molecule has 6 heteroatoms. The van der Waals surface area contributed by atoms with Gasteiger partial charge in [-0.3, -0.25) is 4.79 Å². The number of halogens is 3. The van der Waals surface area contributed by atoms with Gasteiger partial charge in [-0.15, -0.1) is 11.3 Å². The molecule has 1 rings (SSSR count). The molecule has 1 heterocycles. The fraction of sp³-hybridized carbons (Fsp3) is 0.583. The van der Waals surface area contributed by atoms with Crippen LogP contribution in [0.25, 0.3) is 0 Å². The summed E-state index contributed by atoms with van der Waals surface area (Å²) in [5, 5.41) is 3.89. The summed E-state index contributed by atoms with van der Waals surface area (Å²) in [6, 6.07) is 1.61. The van der Waals surface area contributed by atoms with Gasteiger partial charge in [0.25, 0.3) is 5.91 Å². The number of amides is 1. The van der Waals surface area contributed by atoms with E-state index in [9.17, 15) is 4.79 Å². The van der Waals surface area contributed by atoms with Crippen LogP contribution in [-0.2, 0) is 0 Å². The molecule has 0 aromatic carbocycles. The van der Waals surface area contributed by atoms with Gasteiger partial charge in [0.15, 0.2) is 0 Å². The number of rotatable bonds is 6. The van der Waals surface area contributed by atoms with Crippen molar-refractivity contribution >= 4 is 56.4 Å². The van der Waals surface area contributed by atoms with E-state index < -0.39 is 0 Å². The molecule has 0 saturated heterocycles. The molecule has 1 N–H and O–H groups in total. The predicted octanol–water partition coefficient (Wildman–Crippen LogP) is 4.99. The summed E-state index contributed by atoms with van der Waals surface area (Å²) in [7, 11) is 0. The van der Waals surface area contributed by atoms with E-state index in [1.165, 1.54) is 11.3 Å². The molecule has 1 aromatic heterocycles. The largest absolute Gasteiger partial charge is 0.351 e. The number of hydrogen-bond acceptors (Lipinski definition) is 2. The predicted molar refractivity (Wildman–Crippen MR) is 83.5 cm³/mol. The first-order valence-electron chi connectivity index (χ1n) is 5.65. The van der Waals surface area contributed by atoms with Crippen molar-refractivity contribution in [3.05, 3.63) is 20.3 Å². The molecule has 0 fully saturated rings. The Balaban J connectivity index is 2.53. The van der Waals surface area contributed by atoms with Gasteiger partial charge in [-0.05, 0) is 24.3 Å². The second-order valence-corrected chi connectivity index (χ2v) is 7.96. The number of hydrogen-bond donors (Lipinski definition) is 1. The molecule has 0 bridgehead atoms. The van der Waals surface area contributed by atoms with Crippen molar-refractivity contribution in [1.29, 1.82) is 0 Å². The number of alkyl halides is 1. The maximum absolute atomic E-state index is 11.9. The van der Waals surface area contributed by atoms with Crippen LogP contribution in [0.3, 0.4) is 0 Å². The molecule has 0 atom stereocenters. The summed E-state index contributed by atoms with van der Waals surface area (Å²) in [5.74, 6) is -0.157. The first-order chi connectivity index (χ1) is 8.35.